The first-order valence-electron chi connectivity index (χ1n) is 6.83. The number of hydrogen-bond acceptors (Lipinski definition) is 2. The molecule has 0 bridgehead atoms. The third kappa shape index (κ3) is 2.58. The number of aryl methyl sites for hydroxylation is 1. The van der Waals surface area contributed by atoms with Gasteiger partial charge in [-0.25, -0.2) is 4.39 Å². The molecule has 3 rings (SSSR count). The van der Waals surface area contributed by atoms with Crippen LogP contribution in [-0.4, -0.2) is 9.78 Å². The number of aromatic nitrogens is 2. The van der Waals surface area contributed by atoms with Gasteiger partial charge in [0.15, 0.2) is 0 Å². The van der Waals surface area contributed by atoms with Crippen molar-refractivity contribution < 1.29 is 4.39 Å². The number of halogens is 2. The first-order chi connectivity index (χ1) is 9.65. The van der Waals surface area contributed by atoms with Crippen molar-refractivity contribution in [2.45, 2.75) is 31.8 Å². The standard InChI is InChI=1S/C15H17ClFN3/c1-20-15-4-2-3-14(12(15)9-19-20)18-8-10-7-11(16)5-6-13(10)17/h5-7,9,14,18H,2-4,8H2,1H3. The highest BCUT2D eigenvalue weighted by atomic mass is 35.5. The van der Waals surface area contributed by atoms with E-state index in [1.54, 1.807) is 12.1 Å². The van der Waals surface area contributed by atoms with Crippen molar-refractivity contribution in [3.63, 3.8) is 0 Å². The van der Waals surface area contributed by atoms with Gasteiger partial charge < -0.3 is 5.32 Å². The summed E-state index contributed by atoms with van der Waals surface area (Å²) in [5.41, 5.74) is 3.12. The van der Waals surface area contributed by atoms with Gasteiger partial charge in [0.1, 0.15) is 5.82 Å². The Hall–Kier alpha value is -1.39. The van der Waals surface area contributed by atoms with Crippen molar-refractivity contribution in [3.8, 4) is 0 Å². The highest BCUT2D eigenvalue weighted by molar-refractivity contribution is 6.30. The number of hydrogen-bond donors (Lipinski definition) is 1. The van der Waals surface area contributed by atoms with Crippen LogP contribution in [0.1, 0.15) is 35.7 Å². The lowest BCUT2D eigenvalue weighted by Crippen LogP contribution is -2.25. The van der Waals surface area contributed by atoms with E-state index in [0.717, 1.165) is 19.3 Å². The molecule has 1 aromatic heterocycles. The zero-order valence-corrected chi connectivity index (χ0v) is 12.1. The molecule has 1 unspecified atom stereocenters. The third-order valence-electron chi connectivity index (χ3n) is 3.92. The Balaban J connectivity index is 1.75. The Morgan fingerprint density at radius 3 is 3.20 bits per heavy atom. The van der Waals surface area contributed by atoms with Gasteiger partial charge in [0.2, 0.25) is 0 Å². The summed E-state index contributed by atoms with van der Waals surface area (Å²) in [7, 11) is 1.97. The van der Waals surface area contributed by atoms with Crippen LogP contribution >= 0.6 is 11.6 Å². The fourth-order valence-electron chi connectivity index (χ4n) is 2.83. The largest absolute Gasteiger partial charge is 0.306 e. The maximum atomic E-state index is 13.7. The molecule has 20 heavy (non-hydrogen) atoms. The summed E-state index contributed by atoms with van der Waals surface area (Å²) in [6, 6.07) is 4.90. The number of nitrogens with one attached hydrogen (secondary N) is 1. The first-order valence-corrected chi connectivity index (χ1v) is 7.21. The van der Waals surface area contributed by atoms with Crippen molar-refractivity contribution in [1.29, 1.82) is 0 Å². The second-order valence-corrected chi connectivity index (χ2v) is 5.67. The third-order valence-corrected chi connectivity index (χ3v) is 4.16. The molecule has 0 fully saturated rings. The molecule has 1 N–H and O–H groups in total. The zero-order chi connectivity index (χ0) is 14.1. The summed E-state index contributed by atoms with van der Waals surface area (Å²) < 4.78 is 15.6. The average molecular weight is 294 g/mol. The van der Waals surface area contributed by atoms with E-state index in [4.69, 9.17) is 11.6 Å². The van der Waals surface area contributed by atoms with Crippen LogP contribution < -0.4 is 5.32 Å². The van der Waals surface area contributed by atoms with E-state index in [2.05, 4.69) is 10.4 Å². The van der Waals surface area contributed by atoms with Crippen LogP contribution in [0, 0.1) is 5.82 Å². The van der Waals surface area contributed by atoms with Crippen molar-refractivity contribution in [2.75, 3.05) is 0 Å². The Bertz CT molecular complexity index is 624. The first kappa shape index (κ1) is 13.6. The molecule has 1 atom stereocenters. The second-order valence-electron chi connectivity index (χ2n) is 5.23. The Morgan fingerprint density at radius 2 is 2.35 bits per heavy atom. The van der Waals surface area contributed by atoms with E-state index in [0.29, 0.717) is 17.1 Å². The van der Waals surface area contributed by atoms with E-state index >= 15 is 0 Å². The normalized spacial score (nSPS) is 18.1. The molecule has 1 aliphatic rings. The van der Waals surface area contributed by atoms with Crippen LogP contribution in [0.15, 0.2) is 24.4 Å². The molecule has 1 heterocycles. The van der Waals surface area contributed by atoms with Gasteiger partial charge >= 0.3 is 0 Å². The minimum Gasteiger partial charge on any atom is -0.306 e. The minimum absolute atomic E-state index is 0.218. The van der Waals surface area contributed by atoms with Crippen molar-refractivity contribution in [3.05, 3.63) is 52.1 Å². The van der Waals surface area contributed by atoms with E-state index in [-0.39, 0.29) is 11.9 Å². The predicted octanol–water partition coefficient (Wildman–Crippen LogP) is 3.38. The maximum absolute atomic E-state index is 13.7. The lowest BCUT2D eigenvalue weighted by atomic mass is 9.93. The maximum Gasteiger partial charge on any atom is 0.127 e. The van der Waals surface area contributed by atoms with Gasteiger partial charge in [0.25, 0.3) is 0 Å². The second kappa shape index (κ2) is 5.54. The topological polar surface area (TPSA) is 29.9 Å². The van der Waals surface area contributed by atoms with Crippen LogP contribution in [0.2, 0.25) is 5.02 Å². The molecular formula is C15H17ClFN3. The minimum atomic E-state index is -0.218. The Kier molecular flexibility index (Phi) is 3.76. The molecule has 0 saturated heterocycles. The lowest BCUT2D eigenvalue weighted by molar-refractivity contribution is 0.446. The average Bonchev–Trinajstić information content (AvgIpc) is 2.82. The molecule has 1 aromatic carbocycles. The van der Waals surface area contributed by atoms with Crippen molar-refractivity contribution >= 4 is 11.6 Å². The summed E-state index contributed by atoms with van der Waals surface area (Å²) >= 11 is 5.91. The van der Waals surface area contributed by atoms with Crippen LogP contribution in [-0.2, 0) is 20.0 Å². The van der Waals surface area contributed by atoms with Crippen LogP contribution in [0.4, 0.5) is 4.39 Å². The molecule has 2 aromatic rings. The van der Waals surface area contributed by atoms with Crippen LogP contribution in [0.25, 0.3) is 0 Å². The van der Waals surface area contributed by atoms with Gasteiger partial charge in [-0.3, -0.25) is 4.68 Å². The summed E-state index contributed by atoms with van der Waals surface area (Å²) in [5.74, 6) is -0.218. The molecular weight excluding hydrogens is 277 g/mol. The van der Waals surface area contributed by atoms with E-state index in [1.807, 2.05) is 17.9 Å². The number of nitrogens with zero attached hydrogens (tertiary/aromatic N) is 2. The summed E-state index contributed by atoms with van der Waals surface area (Å²) in [6.45, 7) is 0.478. The van der Waals surface area contributed by atoms with Gasteiger partial charge in [-0.05, 0) is 37.5 Å². The number of rotatable bonds is 3. The fourth-order valence-corrected chi connectivity index (χ4v) is 3.02. The summed E-state index contributed by atoms with van der Waals surface area (Å²) in [4.78, 5) is 0. The number of benzene rings is 1. The van der Waals surface area contributed by atoms with Gasteiger partial charge in [-0.2, -0.15) is 5.10 Å². The molecule has 0 saturated carbocycles. The van der Waals surface area contributed by atoms with Gasteiger partial charge in [-0.15, -0.1) is 0 Å². The number of fused-ring (bicyclic) bond motifs is 1. The monoisotopic (exact) mass is 293 g/mol. The molecule has 5 heteroatoms. The van der Waals surface area contributed by atoms with Crippen LogP contribution in [0.5, 0.6) is 0 Å². The lowest BCUT2D eigenvalue weighted by Gasteiger charge is -2.24. The molecule has 0 amide bonds. The van der Waals surface area contributed by atoms with E-state index in [9.17, 15) is 4.39 Å². The van der Waals surface area contributed by atoms with Gasteiger partial charge in [0.05, 0.1) is 6.20 Å². The fraction of sp³-hybridized carbons (Fsp3) is 0.400. The zero-order valence-electron chi connectivity index (χ0n) is 11.4. The molecule has 106 valence electrons. The highest BCUT2D eigenvalue weighted by Crippen LogP contribution is 2.29. The predicted molar refractivity (Wildman–Crippen MR) is 77.1 cm³/mol. The Morgan fingerprint density at radius 1 is 1.50 bits per heavy atom. The SMILES string of the molecule is Cn1ncc2c1CCCC2NCc1cc(Cl)ccc1F. The van der Waals surface area contributed by atoms with E-state index in [1.165, 1.54) is 17.3 Å². The van der Waals surface area contributed by atoms with Crippen molar-refractivity contribution in [2.24, 2.45) is 7.05 Å². The molecule has 0 spiro atoms. The van der Waals surface area contributed by atoms with Gasteiger partial charge in [0, 0.05) is 41.5 Å². The molecule has 0 radical (unpaired) electrons. The molecule has 0 aliphatic heterocycles. The summed E-state index contributed by atoms with van der Waals surface area (Å²) in [6.07, 6.45) is 5.17. The summed E-state index contributed by atoms with van der Waals surface area (Å²) in [5, 5.41) is 8.30. The van der Waals surface area contributed by atoms with Gasteiger partial charge in [-0.1, -0.05) is 11.6 Å². The Labute approximate surface area is 122 Å². The molecule has 1 aliphatic carbocycles. The quantitative estimate of drug-likeness (QED) is 0.940. The highest BCUT2D eigenvalue weighted by Gasteiger charge is 2.23. The van der Waals surface area contributed by atoms with Crippen molar-refractivity contribution in [1.82, 2.24) is 15.1 Å². The van der Waals surface area contributed by atoms with Crippen LogP contribution in [0.3, 0.4) is 0 Å². The molecule has 3 nitrogen and oxygen atoms in total. The smallest absolute Gasteiger partial charge is 0.127 e. The van der Waals surface area contributed by atoms with E-state index < -0.39 is 0 Å².